The maximum absolute atomic E-state index is 14.9. The van der Waals surface area contributed by atoms with Crippen LogP contribution in [0.15, 0.2) is 149 Å². The number of benzene rings is 6. The molecule has 0 fully saturated rings. The van der Waals surface area contributed by atoms with Crippen LogP contribution in [0.1, 0.15) is 68.8 Å². The first-order valence-corrected chi connectivity index (χ1v) is 23.3. The van der Waals surface area contributed by atoms with E-state index < -0.39 is 21.3 Å². The van der Waals surface area contributed by atoms with Crippen LogP contribution in [0.5, 0.6) is 0 Å². The summed E-state index contributed by atoms with van der Waals surface area (Å²) < 4.78 is 33.0. The van der Waals surface area contributed by atoms with Crippen LogP contribution in [-0.4, -0.2) is 3.21 Å². The van der Waals surface area contributed by atoms with E-state index in [0.717, 1.165) is 36.8 Å². The van der Waals surface area contributed by atoms with E-state index in [-0.39, 0.29) is 40.1 Å². The molecule has 0 aromatic heterocycles. The molecule has 0 saturated carbocycles. The number of allylic oxidation sites excluding steroid dienone is 4. The summed E-state index contributed by atoms with van der Waals surface area (Å²) in [7, 11) is 0. The first-order chi connectivity index (χ1) is 26.4. The van der Waals surface area contributed by atoms with E-state index >= 15 is 0 Å². The number of aryl methyl sites for hydroxylation is 2. The number of rotatable bonds is 11. The van der Waals surface area contributed by atoms with Gasteiger partial charge in [-0.05, 0) is 0 Å². The molecule has 6 aromatic rings. The molecule has 0 bridgehead atoms. The number of hydrogen-bond donors (Lipinski definition) is 0. The van der Waals surface area contributed by atoms with E-state index in [4.69, 9.17) is 0 Å². The van der Waals surface area contributed by atoms with Gasteiger partial charge in [0, 0.05) is 0 Å². The number of fused-ring (bicyclic) bond motifs is 3. The molecule has 0 spiro atoms. The Balaban J connectivity index is 0.00000266. The number of hydrogen-bond acceptors (Lipinski definition) is 0. The predicted octanol–water partition coefficient (Wildman–Crippen LogP) is 7.46. The second kappa shape index (κ2) is 18.5. The van der Waals surface area contributed by atoms with Crippen molar-refractivity contribution < 1.29 is 54.9 Å². The SMILES string of the molecule is CCCCc1c(-c2ccccc2)c(C)cc2c1[CH]([Zr+2]([C]1=CC=CC1)=[C](Cc1cccc(F)c1)Cc1cccc(F)c1)c1cc(-c3ccccc3)c(C)cc1-2.[Cl-].[Cl-]. The van der Waals surface area contributed by atoms with E-state index in [1.54, 1.807) is 15.4 Å². The van der Waals surface area contributed by atoms with Gasteiger partial charge < -0.3 is 24.8 Å². The molecule has 0 nitrogen and oxygen atoms in total. The van der Waals surface area contributed by atoms with Crippen molar-refractivity contribution in [1.82, 2.24) is 0 Å². The van der Waals surface area contributed by atoms with Crippen LogP contribution < -0.4 is 24.8 Å². The zero-order valence-electron chi connectivity index (χ0n) is 32.2. The van der Waals surface area contributed by atoms with Gasteiger partial charge in [-0.3, -0.25) is 0 Å². The van der Waals surface area contributed by atoms with Crippen LogP contribution in [0.4, 0.5) is 8.78 Å². The molecule has 8 rings (SSSR count). The molecule has 0 aliphatic heterocycles. The molecule has 0 radical (unpaired) electrons. The smallest absolute Gasteiger partial charge is 1.00 e. The Hall–Kier alpha value is -4.01. The van der Waals surface area contributed by atoms with Crippen molar-refractivity contribution in [3.8, 4) is 33.4 Å². The van der Waals surface area contributed by atoms with Crippen molar-refractivity contribution in [2.45, 2.75) is 62.9 Å². The summed E-state index contributed by atoms with van der Waals surface area (Å²) in [4.78, 5) is 0. The summed E-state index contributed by atoms with van der Waals surface area (Å²) in [6.45, 7) is 6.85. The summed E-state index contributed by atoms with van der Waals surface area (Å²) in [5, 5.41) is 0. The van der Waals surface area contributed by atoms with Crippen LogP contribution in [0.3, 0.4) is 0 Å². The third-order valence-corrected chi connectivity index (χ3v) is 19.5. The van der Waals surface area contributed by atoms with Crippen LogP contribution in [0, 0.1) is 25.5 Å². The van der Waals surface area contributed by atoms with E-state index in [1.807, 2.05) is 12.1 Å². The number of halogens is 4. The standard InChI is InChI=1S/C31H29.C15H12F2.C5H5.2ClH.Zr/c1-4-5-16-26-30-20-25-19-27(23-12-8-6-9-13-23)21(2)17-28(25)29(30)18-22(3)31(26)24-14-10-7-11-15-24;16-14-8-2-6-12(10-14)4-1-5-13-7-3-9-15(17)11-13;1-2-4-5-3-1;;;/h6-15,17-20H,4-5,16H2,1-3H3;2-3,6-11H,4-5H2;1-3H,4H2;2*1H;/q;;;;;+2/p-2. The molecule has 0 heterocycles. The molecule has 0 N–H and O–H groups in total. The minimum Gasteiger partial charge on any atom is -1.00 e. The minimum atomic E-state index is -3.04. The van der Waals surface area contributed by atoms with E-state index in [9.17, 15) is 8.78 Å². The van der Waals surface area contributed by atoms with E-state index in [1.165, 1.54) is 76.5 Å². The average Bonchev–Trinajstić information content (AvgIpc) is 3.81. The quantitative estimate of drug-likeness (QED) is 0.127. The molecule has 56 heavy (non-hydrogen) atoms. The molecule has 0 amide bonds. The minimum absolute atomic E-state index is 0. The maximum Gasteiger partial charge on any atom is -1.00 e. The Kier molecular flexibility index (Phi) is 13.8. The summed E-state index contributed by atoms with van der Waals surface area (Å²) >= 11 is -3.04. The Morgan fingerprint density at radius 3 is 1.84 bits per heavy atom. The zero-order valence-corrected chi connectivity index (χ0v) is 36.2. The van der Waals surface area contributed by atoms with E-state index in [0.29, 0.717) is 12.8 Å². The van der Waals surface area contributed by atoms with Gasteiger partial charge >= 0.3 is 329 Å². The molecule has 2 aliphatic rings. The van der Waals surface area contributed by atoms with Gasteiger partial charge in [0.05, 0.1) is 0 Å². The third kappa shape index (κ3) is 8.47. The monoisotopic (exact) mass is 856 g/mol. The van der Waals surface area contributed by atoms with Gasteiger partial charge in [0.25, 0.3) is 0 Å². The van der Waals surface area contributed by atoms with Gasteiger partial charge in [-0.25, -0.2) is 0 Å². The van der Waals surface area contributed by atoms with Crippen molar-refractivity contribution in [3.63, 3.8) is 0 Å². The molecule has 5 heteroatoms. The van der Waals surface area contributed by atoms with Gasteiger partial charge in [-0.15, -0.1) is 0 Å². The molecular weight excluding hydrogens is 813 g/mol. The van der Waals surface area contributed by atoms with Crippen LogP contribution in [-0.2, 0) is 40.5 Å². The first kappa shape index (κ1) is 41.6. The van der Waals surface area contributed by atoms with Gasteiger partial charge in [-0.2, -0.15) is 0 Å². The van der Waals surface area contributed by atoms with Crippen LogP contribution in [0.25, 0.3) is 33.4 Å². The summed E-state index contributed by atoms with van der Waals surface area (Å²) in [5.41, 5.74) is 16.9. The van der Waals surface area contributed by atoms with Crippen molar-refractivity contribution in [2.24, 2.45) is 0 Å². The fraction of sp³-hybridized carbons (Fsp3) is 0.196. The molecule has 6 aromatic carbocycles. The maximum atomic E-state index is 14.9. The van der Waals surface area contributed by atoms with Crippen LogP contribution >= 0.6 is 0 Å². The van der Waals surface area contributed by atoms with Crippen molar-refractivity contribution >= 4 is 3.21 Å². The van der Waals surface area contributed by atoms with Crippen molar-refractivity contribution in [1.29, 1.82) is 0 Å². The molecule has 0 saturated heterocycles. The second-order valence-corrected chi connectivity index (χ2v) is 21.8. The Morgan fingerprint density at radius 1 is 0.661 bits per heavy atom. The average molecular weight is 859 g/mol. The molecule has 1 atom stereocenters. The predicted molar refractivity (Wildman–Crippen MR) is 220 cm³/mol. The summed E-state index contributed by atoms with van der Waals surface area (Å²) in [6.07, 6.45) is 12.5. The van der Waals surface area contributed by atoms with Crippen LogP contribution in [0.2, 0.25) is 0 Å². The largest absolute Gasteiger partial charge is 1.00 e. The fourth-order valence-electron chi connectivity index (χ4n) is 8.96. The van der Waals surface area contributed by atoms with Crippen molar-refractivity contribution in [2.75, 3.05) is 0 Å². The topological polar surface area (TPSA) is 0 Å². The van der Waals surface area contributed by atoms with Crippen molar-refractivity contribution in [3.05, 3.63) is 199 Å². The Bertz CT molecular complexity index is 2400. The second-order valence-electron chi connectivity index (χ2n) is 15.0. The Labute approximate surface area is 351 Å². The first-order valence-electron chi connectivity index (χ1n) is 19.4. The third-order valence-electron chi connectivity index (χ3n) is 11.3. The van der Waals surface area contributed by atoms with Gasteiger partial charge in [0.2, 0.25) is 0 Å². The summed E-state index contributed by atoms with van der Waals surface area (Å²) in [5.74, 6) is -0.428. The molecular formula is C51H46Cl2F2Zr. The molecule has 1 unspecified atom stereocenters. The normalized spacial score (nSPS) is 13.5. The van der Waals surface area contributed by atoms with Gasteiger partial charge in [-0.1, -0.05) is 0 Å². The fourth-order valence-corrected chi connectivity index (χ4v) is 18.3. The van der Waals surface area contributed by atoms with E-state index in [2.05, 4.69) is 130 Å². The zero-order chi connectivity index (χ0) is 37.2. The number of unbranched alkanes of at least 4 members (excludes halogenated alkanes) is 1. The van der Waals surface area contributed by atoms with Gasteiger partial charge in [0.15, 0.2) is 0 Å². The summed E-state index contributed by atoms with van der Waals surface area (Å²) in [6, 6.07) is 43.5. The molecule has 2 aliphatic carbocycles. The van der Waals surface area contributed by atoms with Gasteiger partial charge in [0.1, 0.15) is 0 Å². The molecule has 282 valence electrons. The Morgan fingerprint density at radius 2 is 1.27 bits per heavy atom.